The van der Waals surface area contributed by atoms with Crippen molar-refractivity contribution in [3.63, 3.8) is 0 Å². The largest absolute Gasteiger partial charge is 0.416 e. The number of carbonyl (C=O) groups excluding carboxylic acids is 3. The summed E-state index contributed by atoms with van der Waals surface area (Å²) >= 11 is 0. The predicted molar refractivity (Wildman–Crippen MR) is 160 cm³/mol. The molecule has 0 N–H and O–H groups in total. The van der Waals surface area contributed by atoms with Crippen molar-refractivity contribution in [3.8, 4) is 0 Å². The maximum Gasteiger partial charge on any atom is 0.416 e. The van der Waals surface area contributed by atoms with Gasteiger partial charge in [0.2, 0.25) is 0 Å². The molecule has 2 fully saturated rings. The van der Waals surface area contributed by atoms with Crippen LogP contribution in [0.5, 0.6) is 0 Å². The van der Waals surface area contributed by atoms with E-state index in [1.807, 2.05) is 35.2 Å². The number of nitrogens with zero attached hydrogens (tertiary/aromatic N) is 3. The molecule has 9 heteroatoms. The minimum atomic E-state index is -4.61. The first kappa shape index (κ1) is 27.9. The Labute approximate surface area is 252 Å². The number of piperidine rings is 1. The molecule has 0 aliphatic carbocycles. The van der Waals surface area contributed by atoms with Gasteiger partial charge in [0.05, 0.1) is 23.0 Å². The zero-order chi connectivity index (χ0) is 30.6. The fourth-order valence-electron chi connectivity index (χ4n) is 7.16. The molecule has 3 heterocycles. The first-order valence-electron chi connectivity index (χ1n) is 14.5. The lowest BCUT2D eigenvalue weighted by atomic mass is 9.63. The van der Waals surface area contributed by atoms with Gasteiger partial charge in [0.25, 0.3) is 11.8 Å². The quantitative estimate of drug-likeness (QED) is 0.235. The molecule has 3 aliphatic rings. The molecule has 6 nitrogen and oxygen atoms in total. The summed E-state index contributed by atoms with van der Waals surface area (Å²) in [7, 11) is 0. The lowest BCUT2D eigenvalue weighted by Crippen LogP contribution is -2.74. The van der Waals surface area contributed by atoms with Gasteiger partial charge < -0.3 is 4.90 Å². The summed E-state index contributed by atoms with van der Waals surface area (Å²) in [5.74, 6) is -1.45. The van der Waals surface area contributed by atoms with Crippen molar-refractivity contribution < 1.29 is 27.6 Å². The van der Waals surface area contributed by atoms with E-state index in [2.05, 4.69) is 0 Å². The predicted octanol–water partition coefficient (Wildman–Crippen LogP) is 7.20. The van der Waals surface area contributed by atoms with Gasteiger partial charge in [-0.1, -0.05) is 66.7 Å². The van der Waals surface area contributed by atoms with Gasteiger partial charge in [0.15, 0.2) is 5.41 Å². The highest BCUT2D eigenvalue weighted by Crippen LogP contribution is 2.53. The first-order chi connectivity index (χ1) is 21.2. The monoisotopic (exact) mass is 595 g/mol. The molecule has 0 saturated carbocycles. The fraction of sp³-hybridized carbons (Fsp3) is 0.229. The van der Waals surface area contributed by atoms with Gasteiger partial charge in [0, 0.05) is 12.2 Å². The minimum absolute atomic E-state index is 0.00102. The van der Waals surface area contributed by atoms with Crippen molar-refractivity contribution in [1.29, 1.82) is 0 Å². The number of hydrogen-bond donors (Lipinski definition) is 0. The summed E-state index contributed by atoms with van der Waals surface area (Å²) in [6.45, 7) is 0.426. The molecule has 2 saturated heterocycles. The van der Waals surface area contributed by atoms with Crippen LogP contribution in [0.1, 0.15) is 35.4 Å². The van der Waals surface area contributed by atoms with Crippen molar-refractivity contribution in [3.05, 3.63) is 126 Å². The normalized spacial score (nSPS) is 21.3. The van der Waals surface area contributed by atoms with Crippen LogP contribution in [0.4, 0.5) is 35.0 Å². The van der Waals surface area contributed by atoms with Crippen molar-refractivity contribution in [1.82, 2.24) is 0 Å². The van der Waals surface area contributed by atoms with Crippen LogP contribution in [0.3, 0.4) is 0 Å². The SMILES string of the molecule is O=C1N(c2ccccc2)C(=O)C2(Cc3cc(C(F)(F)F)ccc3N3CC[C@@H](c4ccccc4)C[C@@H]32)C(=O)N1c1ccccc1. The molecule has 222 valence electrons. The lowest BCUT2D eigenvalue weighted by Gasteiger charge is -2.56. The van der Waals surface area contributed by atoms with E-state index in [9.17, 15) is 27.6 Å². The Morgan fingerprint density at radius 1 is 0.705 bits per heavy atom. The molecule has 0 aromatic heterocycles. The van der Waals surface area contributed by atoms with Gasteiger partial charge in [-0.2, -0.15) is 13.2 Å². The highest BCUT2D eigenvalue weighted by Gasteiger charge is 2.65. The van der Waals surface area contributed by atoms with E-state index in [0.29, 0.717) is 25.1 Å². The summed E-state index contributed by atoms with van der Waals surface area (Å²) in [6, 6.07) is 28.6. The van der Waals surface area contributed by atoms with Gasteiger partial charge in [-0.3, -0.25) is 9.59 Å². The number of urea groups is 1. The van der Waals surface area contributed by atoms with Crippen LogP contribution >= 0.6 is 0 Å². The molecule has 0 unspecified atom stereocenters. The summed E-state index contributed by atoms with van der Waals surface area (Å²) in [5.41, 5.74) is -0.256. The molecular weight excluding hydrogens is 567 g/mol. The molecule has 7 rings (SSSR count). The van der Waals surface area contributed by atoms with Gasteiger partial charge in [-0.15, -0.1) is 0 Å². The van der Waals surface area contributed by atoms with Gasteiger partial charge in [-0.05, 0) is 78.8 Å². The average molecular weight is 596 g/mol. The van der Waals surface area contributed by atoms with Gasteiger partial charge in [0.1, 0.15) is 0 Å². The van der Waals surface area contributed by atoms with Crippen LogP contribution in [-0.2, 0) is 22.2 Å². The van der Waals surface area contributed by atoms with Crippen molar-refractivity contribution >= 4 is 34.9 Å². The minimum Gasteiger partial charge on any atom is -0.367 e. The highest BCUT2D eigenvalue weighted by atomic mass is 19.4. The van der Waals surface area contributed by atoms with E-state index < -0.39 is 41.0 Å². The number of alkyl halides is 3. The van der Waals surface area contributed by atoms with E-state index in [1.165, 1.54) is 6.07 Å². The number of anilines is 3. The second-order valence-corrected chi connectivity index (χ2v) is 11.6. The number of para-hydroxylation sites is 2. The van der Waals surface area contributed by atoms with Crippen molar-refractivity contribution in [2.75, 3.05) is 21.2 Å². The maximum atomic E-state index is 14.9. The Bertz CT molecular complexity index is 1680. The molecule has 1 spiro atoms. The third-order valence-electron chi connectivity index (χ3n) is 9.21. The van der Waals surface area contributed by atoms with Crippen LogP contribution in [0.15, 0.2) is 109 Å². The third-order valence-corrected chi connectivity index (χ3v) is 9.21. The topological polar surface area (TPSA) is 60.9 Å². The molecule has 4 amide bonds. The van der Waals surface area contributed by atoms with Crippen LogP contribution in [-0.4, -0.2) is 30.4 Å². The second kappa shape index (κ2) is 10.4. The molecule has 4 aromatic rings. The van der Waals surface area contributed by atoms with Crippen LogP contribution in [0.2, 0.25) is 0 Å². The third kappa shape index (κ3) is 4.29. The molecule has 4 aromatic carbocycles. The molecule has 3 aliphatic heterocycles. The summed E-state index contributed by atoms with van der Waals surface area (Å²) in [5, 5.41) is 0. The van der Waals surface area contributed by atoms with Gasteiger partial charge in [-0.25, -0.2) is 14.6 Å². The smallest absolute Gasteiger partial charge is 0.367 e. The average Bonchev–Trinajstić information content (AvgIpc) is 3.04. The Morgan fingerprint density at radius 2 is 1.25 bits per heavy atom. The maximum absolute atomic E-state index is 14.9. The zero-order valence-corrected chi connectivity index (χ0v) is 23.6. The van der Waals surface area contributed by atoms with Crippen LogP contribution in [0, 0.1) is 5.41 Å². The van der Waals surface area contributed by atoms with E-state index >= 15 is 0 Å². The lowest BCUT2D eigenvalue weighted by molar-refractivity contribution is -0.143. The number of hydrogen-bond acceptors (Lipinski definition) is 4. The zero-order valence-electron chi connectivity index (χ0n) is 23.6. The number of rotatable bonds is 3. The number of carbonyl (C=O) groups is 3. The number of halogens is 3. The van der Waals surface area contributed by atoms with E-state index in [0.717, 1.165) is 27.5 Å². The van der Waals surface area contributed by atoms with Gasteiger partial charge >= 0.3 is 12.2 Å². The number of amides is 4. The highest BCUT2D eigenvalue weighted by molar-refractivity contribution is 6.39. The van der Waals surface area contributed by atoms with Crippen molar-refractivity contribution in [2.45, 2.75) is 37.4 Å². The molecule has 0 radical (unpaired) electrons. The first-order valence-corrected chi connectivity index (χ1v) is 14.5. The van der Waals surface area contributed by atoms with Crippen molar-refractivity contribution in [2.24, 2.45) is 5.41 Å². The van der Waals surface area contributed by atoms with E-state index in [1.54, 1.807) is 60.7 Å². The molecular formula is C35H28F3N3O3. The molecule has 2 atom stereocenters. The Morgan fingerprint density at radius 3 is 1.80 bits per heavy atom. The Hall–Kier alpha value is -4.92. The number of fused-ring (bicyclic) bond motifs is 4. The number of imide groups is 2. The standard InChI is InChI=1S/C35H28F3N3O3/c36-35(37,38)26-16-17-29-25(20-26)22-34(30-21-24(18-19-39(29)30)23-10-4-1-5-11-23)31(42)40(27-12-6-2-7-13-27)33(44)41(32(34)43)28-14-8-3-9-15-28/h1-17,20,24,30H,18-19,21-22H2/t24-,30-/m1/s1. The number of benzene rings is 4. The molecule has 0 bridgehead atoms. The van der Waals surface area contributed by atoms with E-state index in [-0.39, 0.29) is 29.3 Å². The number of barbiturate groups is 1. The summed E-state index contributed by atoms with van der Waals surface area (Å²) in [6.07, 6.45) is -3.79. The molecule has 44 heavy (non-hydrogen) atoms. The Balaban J connectivity index is 1.46. The van der Waals surface area contributed by atoms with Crippen LogP contribution in [0.25, 0.3) is 0 Å². The Kier molecular flexibility index (Phi) is 6.57. The fourth-order valence-corrected chi connectivity index (χ4v) is 7.16. The van der Waals surface area contributed by atoms with Crippen LogP contribution < -0.4 is 14.7 Å². The summed E-state index contributed by atoms with van der Waals surface area (Å²) < 4.78 is 41.8. The van der Waals surface area contributed by atoms with E-state index in [4.69, 9.17) is 0 Å². The summed E-state index contributed by atoms with van der Waals surface area (Å²) in [4.78, 5) is 47.9. The second-order valence-electron chi connectivity index (χ2n) is 11.6.